The Hall–Kier alpha value is -1.18. The molecule has 0 heteroatoms. The first-order valence-electron chi connectivity index (χ1n) is 2.30. The van der Waals surface area contributed by atoms with Gasteiger partial charge in [-0.3, -0.25) is 0 Å². The molecule has 0 nitrogen and oxygen atoms in total. The van der Waals surface area contributed by atoms with Gasteiger partial charge in [0.15, 0.2) is 0 Å². The molecular weight excluding hydrogens is 96.1 g/mol. The number of terminal acetylenes is 1. The van der Waals surface area contributed by atoms with E-state index >= 15 is 0 Å². The molecule has 0 spiro atoms. The fourth-order valence-corrected chi connectivity index (χ4v) is 0.334. The zero-order valence-corrected chi connectivity index (χ0v) is 4.94. The lowest BCUT2D eigenvalue weighted by molar-refractivity contribution is 1.54. The molecule has 0 saturated heterocycles. The van der Waals surface area contributed by atoms with Crippen LogP contribution in [0.2, 0.25) is 0 Å². The zero-order valence-electron chi connectivity index (χ0n) is 4.94. The van der Waals surface area contributed by atoms with Crippen LogP contribution in [-0.4, -0.2) is 0 Å². The summed E-state index contributed by atoms with van der Waals surface area (Å²) in [6.07, 6.45) is 8.37. The monoisotopic (exact) mass is 104 g/mol. The normalized spacial score (nSPS) is 9.25. The quantitative estimate of drug-likeness (QED) is 0.271. The molecule has 0 radical (unpaired) electrons. The van der Waals surface area contributed by atoms with Crippen molar-refractivity contribution < 1.29 is 0 Å². The maximum atomic E-state index is 4.97. The van der Waals surface area contributed by atoms with Gasteiger partial charge in [0.25, 0.3) is 0 Å². The molecule has 0 rings (SSSR count). The van der Waals surface area contributed by atoms with Crippen LogP contribution in [0.25, 0.3) is 0 Å². The van der Waals surface area contributed by atoms with Crippen LogP contribution in [0.3, 0.4) is 0 Å². The second kappa shape index (κ2) is 3.99. The smallest absolute Gasteiger partial charge is 0.00861 e. The van der Waals surface area contributed by atoms with Crippen molar-refractivity contribution in [1.29, 1.82) is 0 Å². The van der Waals surface area contributed by atoms with Crippen LogP contribution < -0.4 is 0 Å². The Morgan fingerprint density at radius 1 is 1.75 bits per heavy atom. The molecule has 0 amide bonds. The average Bonchev–Trinajstić information content (AvgIpc) is 1.68. The van der Waals surface area contributed by atoms with Crippen LogP contribution in [0.1, 0.15) is 6.92 Å². The molecule has 0 N–H and O–H groups in total. The summed E-state index contributed by atoms with van der Waals surface area (Å²) in [6, 6.07) is 0. The van der Waals surface area contributed by atoms with Crippen LogP contribution in [0, 0.1) is 12.3 Å². The van der Waals surface area contributed by atoms with Crippen molar-refractivity contribution in [2.75, 3.05) is 0 Å². The van der Waals surface area contributed by atoms with Gasteiger partial charge in [-0.1, -0.05) is 12.5 Å². The Kier molecular flexibility index (Phi) is 3.40. The van der Waals surface area contributed by atoms with Gasteiger partial charge in [0.1, 0.15) is 0 Å². The molecule has 0 saturated carbocycles. The number of rotatable bonds is 1. The van der Waals surface area contributed by atoms with Crippen molar-refractivity contribution in [3.8, 4) is 12.3 Å². The van der Waals surface area contributed by atoms with E-state index < -0.39 is 0 Å². The van der Waals surface area contributed by atoms with Crippen molar-refractivity contribution >= 4 is 0 Å². The minimum Gasteiger partial charge on any atom is -0.128 e. The van der Waals surface area contributed by atoms with Crippen LogP contribution in [-0.2, 0) is 0 Å². The predicted molar refractivity (Wildman–Crippen MR) is 36.3 cm³/mol. The van der Waals surface area contributed by atoms with Gasteiger partial charge in [-0.15, -0.1) is 12.2 Å². The van der Waals surface area contributed by atoms with Crippen molar-refractivity contribution in [3.05, 3.63) is 30.0 Å². The first-order chi connectivity index (χ1) is 3.81. The average molecular weight is 104 g/mol. The van der Waals surface area contributed by atoms with E-state index in [1.54, 1.807) is 12.2 Å². The number of allylic oxidation sites excluding steroid dienone is 3. The molecule has 40 valence electrons. The molecule has 0 aliphatic heterocycles. The van der Waals surface area contributed by atoms with E-state index in [9.17, 15) is 0 Å². The summed E-state index contributed by atoms with van der Waals surface area (Å²) in [5.41, 5.74) is 3.62. The van der Waals surface area contributed by atoms with Gasteiger partial charge in [0.05, 0.1) is 0 Å². The predicted octanol–water partition coefficient (Wildman–Crippen LogP) is 1.91. The Balaban J connectivity index is 4.06. The summed E-state index contributed by atoms with van der Waals surface area (Å²) >= 11 is 0. The highest BCUT2D eigenvalue weighted by atomic mass is 13.8. The van der Waals surface area contributed by atoms with E-state index in [1.807, 2.05) is 6.92 Å². The van der Waals surface area contributed by atoms with E-state index in [1.165, 1.54) is 0 Å². The first-order valence-corrected chi connectivity index (χ1v) is 2.30. The highest BCUT2D eigenvalue weighted by Gasteiger charge is 1.71. The van der Waals surface area contributed by atoms with E-state index in [-0.39, 0.29) is 0 Å². The first kappa shape index (κ1) is 6.82. The van der Waals surface area contributed by atoms with Crippen molar-refractivity contribution in [1.82, 2.24) is 0 Å². The highest BCUT2D eigenvalue weighted by Crippen LogP contribution is 1.89. The van der Waals surface area contributed by atoms with Crippen molar-refractivity contribution in [2.45, 2.75) is 6.92 Å². The molecule has 0 aromatic carbocycles. The number of hydrogen-bond donors (Lipinski definition) is 0. The van der Waals surface area contributed by atoms with E-state index in [2.05, 4.69) is 18.2 Å². The third-order valence-corrected chi connectivity index (χ3v) is 0.641. The number of hydrogen-bond acceptors (Lipinski definition) is 0. The molecule has 0 bridgehead atoms. The van der Waals surface area contributed by atoms with Gasteiger partial charge in [0.2, 0.25) is 0 Å². The largest absolute Gasteiger partial charge is 0.128 e. The summed E-state index contributed by atoms with van der Waals surface area (Å²) in [5.74, 6) is 2.39. The van der Waals surface area contributed by atoms with E-state index in [0.29, 0.717) is 0 Å². The molecule has 8 heavy (non-hydrogen) atoms. The van der Waals surface area contributed by atoms with Gasteiger partial charge in [-0.25, -0.2) is 0 Å². The molecule has 0 aliphatic rings. The standard InChI is InChI=1S/C8H8/c1-4-6-8(3)7-5-2/h1,6-7H,2H2,3H3/b8-6+. The zero-order chi connectivity index (χ0) is 6.41. The minimum atomic E-state index is 1.00. The molecule has 0 aromatic heterocycles. The summed E-state index contributed by atoms with van der Waals surface area (Å²) in [6.45, 7) is 5.29. The highest BCUT2D eigenvalue weighted by molar-refractivity contribution is 5.23. The Bertz CT molecular complexity index is 171. The molecule has 0 fully saturated rings. The lowest BCUT2D eigenvalue weighted by Crippen LogP contribution is -1.60. The molecule has 0 aromatic rings. The van der Waals surface area contributed by atoms with Gasteiger partial charge in [0, 0.05) is 0 Å². The maximum Gasteiger partial charge on any atom is -0.00861 e. The van der Waals surface area contributed by atoms with Crippen LogP contribution >= 0.6 is 0 Å². The summed E-state index contributed by atoms with van der Waals surface area (Å²) < 4.78 is 0. The molecule has 0 aliphatic carbocycles. The lowest BCUT2D eigenvalue weighted by Gasteiger charge is -1.78. The summed E-state index contributed by atoms with van der Waals surface area (Å²) in [7, 11) is 0. The van der Waals surface area contributed by atoms with Crippen LogP contribution in [0.5, 0.6) is 0 Å². The Morgan fingerprint density at radius 3 is 2.75 bits per heavy atom. The second-order valence-electron chi connectivity index (χ2n) is 1.40. The van der Waals surface area contributed by atoms with Crippen molar-refractivity contribution in [3.63, 3.8) is 0 Å². The fourth-order valence-electron chi connectivity index (χ4n) is 0.334. The van der Waals surface area contributed by atoms with Crippen LogP contribution in [0.15, 0.2) is 30.0 Å². The molecule has 0 heterocycles. The van der Waals surface area contributed by atoms with Gasteiger partial charge < -0.3 is 0 Å². The summed E-state index contributed by atoms with van der Waals surface area (Å²) in [5, 5.41) is 0. The Morgan fingerprint density at radius 2 is 2.38 bits per heavy atom. The molecular formula is C8H8. The van der Waals surface area contributed by atoms with Crippen molar-refractivity contribution in [2.24, 2.45) is 0 Å². The second-order valence-corrected chi connectivity index (χ2v) is 1.40. The third-order valence-electron chi connectivity index (χ3n) is 0.641. The molecule has 0 atom stereocenters. The van der Waals surface area contributed by atoms with Gasteiger partial charge >= 0.3 is 0 Å². The van der Waals surface area contributed by atoms with E-state index in [4.69, 9.17) is 6.42 Å². The third kappa shape index (κ3) is 3.03. The SMILES string of the molecule is C#C/C=C(\C)C=C=C. The minimum absolute atomic E-state index is 1.00. The summed E-state index contributed by atoms with van der Waals surface area (Å²) in [4.78, 5) is 0. The van der Waals surface area contributed by atoms with E-state index in [0.717, 1.165) is 5.57 Å². The topological polar surface area (TPSA) is 0 Å². The maximum absolute atomic E-state index is 4.97. The van der Waals surface area contributed by atoms with Crippen LogP contribution in [0.4, 0.5) is 0 Å². The Labute approximate surface area is 50.2 Å². The fraction of sp³-hybridized carbons (Fsp3) is 0.125. The molecule has 0 unspecified atom stereocenters. The lowest BCUT2D eigenvalue weighted by atomic mass is 10.3. The van der Waals surface area contributed by atoms with Gasteiger partial charge in [-0.05, 0) is 24.6 Å². The van der Waals surface area contributed by atoms with Gasteiger partial charge in [-0.2, -0.15) is 0 Å².